The summed E-state index contributed by atoms with van der Waals surface area (Å²) in [6.07, 6.45) is 0.234. The molecule has 0 aliphatic carbocycles. The average molecular weight is 195 g/mol. The van der Waals surface area contributed by atoms with Crippen molar-refractivity contribution in [2.45, 2.75) is 6.42 Å². The Morgan fingerprint density at radius 3 is 2.80 bits per heavy atom. The molecule has 0 spiro atoms. The third-order valence-electron chi connectivity index (χ3n) is 0.991. The second-order valence-corrected chi connectivity index (χ2v) is 3.55. The van der Waals surface area contributed by atoms with E-state index in [1.54, 1.807) is 6.07 Å². The molecule has 0 radical (unpaired) electrons. The van der Waals surface area contributed by atoms with Gasteiger partial charge < -0.3 is 0 Å². The van der Waals surface area contributed by atoms with Crippen LogP contribution in [0.5, 0.6) is 0 Å². The van der Waals surface area contributed by atoms with Gasteiger partial charge in [-0.15, -0.1) is 11.3 Å². The van der Waals surface area contributed by atoms with E-state index < -0.39 is 0 Å². The maximum absolute atomic E-state index is 10.4. The monoisotopic (exact) mass is 194 g/mol. The zero-order valence-electron chi connectivity index (χ0n) is 4.93. The smallest absolute Gasteiger partial charge is 0.226 e. The van der Waals surface area contributed by atoms with Crippen LogP contribution in [0.15, 0.2) is 11.4 Å². The molecule has 0 N–H and O–H groups in total. The molecule has 0 atom stereocenters. The Balaban J connectivity index is 2.74. The number of carbonyl (C=O) groups is 1. The molecular weight excluding hydrogens is 191 g/mol. The van der Waals surface area contributed by atoms with Crippen LogP contribution in [0.4, 0.5) is 0 Å². The normalized spacial score (nSPS) is 9.80. The molecule has 0 unspecified atom stereocenters. The highest BCUT2D eigenvalue weighted by atomic mass is 35.5. The quantitative estimate of drug-likeness (QED) is 0.663. The lowest BCUT2D eigenvalue weighted by Gasteiger charge is -1.88. The van der Waals surface area contributed by atoms with Crippen molar-refractivity contribution in [3.05, 3.63) is 21.3 Å². The third kappa shape index (κ3) is 1.97. The van der Waals surface area contributed by atoms with Gasteiger partial charge in [-0.25, -0.2) is 0 Å². The first-order chi connectivity index (χ1) is 4.70. The molecular formula is C6H4Cl2OS. The van der Waals surface area contributed by atoms with Crippen molar-refractivity contribution in [1.29, 1.82) is 0 Å². The van der Waals surface area contributed by atoms with Crippen LogP contribution >= 0.6 is 34.5 Å². The van der Waals surface area contributed by atoms with E-state index in [0.717, 1.165) is 4.88 Å². The molecule has 1 rings (SSSR count). The fraction of sp³-hybridized carbons (Fsp3) is 0.167. The number of thiophene rings is 1. The van der Waals surface area contributed by atoms with Gasteiger partial charge in [0, 0.05) is 4.88 Å². The summed E-state index contributed by atoms with van der Waals surface area (Å²) in [6, 6.07) is 1.75. The molecule has 10 heavy (non-hydrogen) atoms. The lowest BCUT2D eigenvalue weighted by molar-refractivity contribution is -0.111. The van der Waals surface area contributed by atoms with Crippen molar-refractivity contribution < 1.29 is 4.79 Å². The summed E-state index contributed by atoms with van der Waals surface area (Å²) in [5, 5.41) is 2.08. The maximum atomic E-state index is 10.4. The van der Waals surface area contributed by atoms with Gasteiger partial charge in [-0.1, -0.05) is 11.6 Å². The van der Waals surface area contributed by atoms with E-state index in [0.29, 0.717) is 5.02 Å². The maximum Gasteiger partial charge on any atom is 0.226 e. The molecule has 1 aromatic rings. The summed E-state index contributed by atoms with van der Waals surface area (Å²) >= 11 is 12.3. The second-order valence-electron chi connectivity index (χ2n) is 1.72. The highest BCUT2D eigenvalue weighted by molar-refractivity contribution is 7.10. The summed E-state index contributed by atoms with van der Waals surface area (Å²) < 4.78 is 0. The minimum atomic E-state index is -0.371. The summed E-state index contributed by atoms with van der Waals surface area (Å²) in [5.74, 6) is 0. The predicted octanol–water partition coefficient (Wildman–Crippen LogP) is 2.71. The van der Waals surface area contributed by atoms with Crippen molar-refractivity contribution in [1.82, 2.24) is 0 Å². The van der Waals surface area contributed by atoms with E-state index in [-0.39, 0.29) is 11.7 Å². The first-order valence-corrected chi connectivity index (χ1v) is 4.24. The molecule has 54 valence electrons. The first-order valence-electron chi connectivity index (χ1n) is 2.60. The zero-order valence-corrected chi connectivity index (χ0v) is 7.26. The van der Waals surface area contributed by atoms with Crippen LogP contribution in [0.25, 0.3) is 0 Å². The van der Waals surface area contributed by atoms with Gasteiger partial charge in [-0.2, -0.15) is 0 Å². The van der Waals surface area contributed by atoms with Crippen LogP contribution in [0.3, 0.4) is 0 Å². The van der Waals surface area contributed by atoms with Crippen LogP contribution in [-0.4, -0.2) is 5.24 Å². The van der Waals surface area contributed by atoms with Crippen LogP contribution in [0.2, 0.25) is 5.02 Å². The lowest BCUT2D eigenvalue weighted by atomic mass is 10.4. The highest BCUT2D eigenvalue weighted by Gasteiger charge is 2.04. The van der Waals surface area contributed by atoms with Crippen molar-refractivity contribution in [2.75, 3.05) is 0 Å². The minimum absolute atomic E-state index is 0.234. The Morgan fingerprint density at radius 1 is 1.70 bits per heavy atom. The Bertz CT molecular complexity index is 244. The van der Waals surface area contributed by atoms with E-state index in [2.05, 4.69) is 0 Å². The molecule has 0 saturated carbocycles. The van der Waals surface area contributed by atoms with Gasteiger partial charge >= 0.3 is 0 Å². The van der Waals surface area contributed by atoms with Crippen LogP contribution < -0.4 is 0 Å². The Morgan fingerprint density at radius 2 is 2.40 bits per heavy atom. The van der Waals surface area contributed by atoms with Crippen LogP contribution in [0.1, 0.15) is 4.88 Å². The van der Waals surface area contributed by atoms with Crippen molar-refractivity contribution in [3.8, 4) is 0 Å². The standard InChI is InChI=1S/C6H4Cl2OS/c7-4-1-2-10-5(4)3-6(8)9/h1-2H,3H2. The van der Waals surface area contributed by atoms with E-state index >= 15 is 0 Å². The van der Waals surface area contributed by atoms with E-state index in [9.17, 15) is 4.79 Å². The molecule has 0 saturated heterocycles. The van der Waals surface area contributed by atoms with Gasteiger partial charge in [-0.3, -0.25) is 4.79 Å². The molecule has 0 amide bonds. The topological polar surface area (TPSA) is 17.1 Å². The summed E-state index contributed by atoms with van der Waals surface area (Å²) in [5.41, 5.74) is 0. The number of halogens is 2. The highest BCUT2D eigenvalue weighted by Crippen LogP contribution is 2.22. The minimum Gasteiger partial charge on any atom is -0.281 e. The van der Waals surface area contributed by atoms with Gasteiger partial charge in [0.05, 0.1) is 11.4 Å². The average Bonchev–Trinajstić information content (AvgIpc) is 2.15. The van der Waals surface area contributed by atoms with E-state index in [1.807, 2.05) is 5.38 Å². The van der Waals surface area contributed by atoms with Gasteiger partial charge in [0.15, 0.2) is 0 Å². The molecule has 1 heterocycles. The number of rotatable bonds is 2. The molecule has 0 aliphatic heterocycles. The first kappa shape index (κ1) is 8.05. The van der Waals surface area contributed by atoms with E-state index in [4.69, 9.17) is 23.2 Å². The van der Waals surface area contributed by atoms with Crippen LogP contribution in [0, 0.1) is 0 Å². The molecule has 0 aromatic carbocycles. The van der Waals surface area contributed by atoms with Crippen molar-refractivity contribution >= 4 is 39.8 Å². The van der Waals surface area contributed by atoms with Crippen LogP contribution in [-0.2, 0) is 11.2 Å². The Hall–Kier alpha value is -0.0500. The third-order valence-corrected chi connectivity index (χ3v) is 2.51. The summed E-state index contributed by atoms with van der Waals surface area (Å²) in [4.78, 5) is 11.2. The van der Waals surface area contributed by atoms with Gasteiger partial charge in [0.2, 0.25) is 5.24 Å². The van der Waals surface area contributed by atoms with Gasteiger partial charge in [0.1, 0.15) is 0 Å². The van der Waals surface area contributed by atoms with Crippen molar-refractivity contribution in [3.63, 3.8) is 0 Å². The molecule has 1 aromatic heterocycles. The summed E-state index contributed by atoms with van der Waals surface area (Å²) in [7, 11) is 0. The largest absolute Gasteiger partial charge is 0.281 e. The number of hydrogen-bond acceptors (Lipinski definition) is 2. The Kier molecular flexibility index (Phi) is 2.72. The van der Waals surface area contributed by atoms with E-state index in [1.165, 1.54) is 11.3 Å². The fourth-order valence-corrected chi connectivity index (χ4v) is 1.89. The zero-order chi connectivity index (χ0) is 7.56. The SMILES string of the molecule is O=C(Cl)Cc1sccc1Cl. The van der Waals surface area contributed by atoms with Gasteiger partial charge in [-0.05, 0) is 23.0 Å². The second kappa shape index (κ2) is 3.37. The van der Waals surface area contributed by atoms with Gasteiger partial charge in [0.25, 0.3) is 0 Å². The molecule has 0 bridgehead atoms. The predicted molar refractivity (Wildman–Crippen MR) is 43.9 cm³/mol. The fourth-order valence-electron chi connectivity index (χ4n) is 0.577. The number of hydrogen-bond donors (Lipinski definition) is 0. The molecule has 0 aliphatic rings. The molecule has 4 heteroatoms. The lowest BCUT2D eigenvalue weighted by Crippen LogP contribution is -1.89. The molecule has 1 nitrogen and oxygen atoms in total. The molecule has 0 fully saturated rings. The Labute approximate surface area is 72.6 Å². The number of carbonyl (C=O) groups excluding carboxylic acids is 1. The van der Waals surface area contributed by atoms with Crippen molar-refractivity contribution in [2.24, 2.45) is 0 Å². The summed E-state index contributed by atoms with van der Waals surface area (Å²) in [6.45, 7) is 0.